The van der Waals surface area contributed by atoms with E-state index in [1.54, 1.807) is 0 Å². The summed E-state index contributed by atoms with van der Waals surface area (Å²) in [4.78, 5) is 0.0344. The first-order valence-corrected chi connectivity index (χ1v) is 8.36. The third-order valence-electron chi connectivity index (χ3n) is 3.82. The molecule has 0 radical (unpaired) electrons. The third-order valence-corrected chi connectivity index (χ3v) is 5.32. The molecule has 0 spiro atoms. The van der Waals surface area contributed by atoms with E-state index in [4.69, 9.17) is 5.73 Å². The van der Waals surface area contributed by atoms with E-state index >= 15 is 0 Å². The van der Waals surface area contributed by atoms with Crippen molar-refractivity contribution in [3.63, 3.8) is 0 Å². The standard InChI is InChI=1S/C14H21FN2O2S/c1-9-4-3-5-11(6-9)17-20(18,19)12-7-10(2)14(15)13(16)8-12/h7-9,11,17H,3-6,16H2,1-2H3. The van der Waals surface area contributed by atoms with E-state index in [0.29, 0.717) is 5.92 Å². The molecule has 3 N–H and O–H groups in total. The fourth-order valence-electron chi connectivity index (χ4n) is 2.75. The minimum absolute atomic E-state index is 0.0344. The molecule has 1 saturated carbocycles. The number of hydrogen-bond donors (Lipinski definition) is 2. The summed E-state index contributed by atoms with van der Waals surface area (Å²) in [6, 6.07) is 2.45. The van der Waals surface area contributed by atoms with Gasteiger partial charge in [0.25, 0.3) is 0 Å². The zero-order valence-corrected chi connectivity index (χ0v) is 12.6. The van der Waals surface area contributed by atoms with Crippen molar-refractivity contribution >= 4 is 15.7 Å². The Morgan fingerprint density at radius 3 is 2.65 bits per heavy atom. The maximum absolute atomic E-state index is 13.5. The number of aryl methyl sites for hydroxylation is 1. The van der Waals surface area contributed by atoms with Crippen LogP contribution >= 0.6 is 0 Å². The Balaban J connectivity index is 2.22. The quantitative estimate of drug-likeness (QED) is 0.843. The van der Waals surface area contributed by atoms with E-state index in [-0.39, 0.29) is 22.2 Å². The summed E-state index contributed by atoms with van der Waals surface area (Å²) in [5, 5.41) is 0. The minimum atomic E-state index is -3.64. The summed E-state index contributed by atoms with van der Waals surface area (Å²) in [6.45, 7) is 3.63. The second kappa shape index (κ2) is 5.69. The van der Waals surface area contributed by atoms with Gasteiger partial charge < -0.3 is 5.73 Å². The van der Waals surface area contributed by atoms with Gasteiger partial charge in [-0.25, -0.2) is 17.5 Å². The number of rotatable bonds is 3. The molecule has 0 amide bonds. The Hall–Kier alpha value is -1.14. The number of nitrogen functional groups attached to an aromatic ring is 1. The van der Waals surface area contributed by atoms with Crippen LogP contribution in [0.4, 0.5) is 10.1 Å². The smallest absolute Gasteiger partial charge is 0.240 e. The fourth-order valence-corrected chi connectivity index (χ4v) is 4.15. The molecule has 2 atom stereocenters. The highest BCUT2D eigenvalue weighted by molar-refractivity contribution is 7.89. The number of nitrogens with one attached hydrogen (secondary N) is 1. The normalized spacial score (nSPS) is 23.8. The Kier molecular flexibility index (Phi) is 4.34. The van der Waals surface area contributed by atoms with Gasteiger partial charge in [-0.15, -0.1) is 0 Å². The van der Waals surface area contributed by atoms with E-state index in [0.717, 1.165) is 25.7 Å². The monoisotopic (exact) mass is 300 g/mol. The van der Waals surface area contributed by atoms with E-state index in [2.05, 4.69) is 11.6 Å². The van der Waals surface area contributed by atoms with E-state index < -0.39 is 15.8 Å². The highest BCUT2D eigenvalue weighted by Gasteiger charge is 2.25. The summed E-state index contributed by atoms with van der Waals surface area (Å²) in [5.41, 5.74) is 5.61. The van der Waals surface area contributed by atoms with E-state index in [1.165, 1.54) is 19.1 Å². The SMILES string of the molecule is Cc1cc(S(=O)(=O)NC2CCCC(C)C2)cc(N)c1F. The molecule has 0 aliphatic heterocycles. The Bertz CT molecular complexity index is 578. The second-order valence-corrected chi connectivity index (χ2v) is 7.45. The Labute approximate surface area is 119 Å². The number of hydrogen-bond acceptors (Lipinski definition) is 3. The summed E-state index contributed by atoms with van der Waals surface area (Å²) in [5.74, 6) is -0.0355. The van der Waals surface area contributed by atoms with Crippen LogP contribution < -0.4 is 10.5 Å². The van der Waals surface area contributed by atoms with Gasteiger partial charge in [0.1, 0.15) is 5.82 Å². The van der Waals surface area contributed by atoms with Crippen molar-refractivity contribution in [2.45, 2.75) is 50.5 Å². The van der Waals surface area contributed by atoms with Crippen LogP contribution in [0.3, 0.4) is 0 Å². The molecule has 4 nitrogen and oxygen atoms in total. The molecule has 1 aromatic rings. The average molecular weight is 300 g/mol. The van der Waals surface area contributed by atoms with Crippen LogP contribution in [0.1, 0.15) is 38.2 Å². The molecule has 2 unspecified atom stereocenters. The Morgan fingerprint density at radius 1 is 1.35 bits per heavy atom. The first kappa shape index (κ1) is 15.3. The van der Waals surface area contributed by atoms with Gasteiger partial charge in [-0.05, 0) is 43.4 Å². The number of nitrogens with two attached hydrogens (primary N) is 1. The molecule has 6 heteroatoms. The molecule has 0 aromatic heterocycles. The highest BCUT2D eigenvalue weighted by Crippen LogP contribution is 2.26. The van der Waals surface area contributed by atoms with Crippen LogP contribution in [0, 0.1) is 18.7 Å². The van der Waals surface area contributed by atoms with Gasteiger partial charge in [0.15, 0.2) is 0 Å². The third kappa shape index (κ3) is 3.30. The molecule has 0 bridgehead atoms. The largest absolute Gasteiger partial charge is 0.396 e. The number of anilines is 1. The molecule has 1 aliphatic carbocycles. The highest BCUT2D eigenvalue weighted by atomic mass is 32.2. The summed E-state index contributed by atoms with van der Waals surface area (Å²) in [7, 11) is -3.64. The van der Waals surface area contributed by atoms with Crippen molar-refractivity contribution in [3.05, 3.63) is 23.5 Å². The van der Waals surface area contributed by atoms with Crippen LogP contribution in [-0.4, -0.2) is 14.5 Å². The molecule has 20 heavy (non-hydrogen) atoms. The van der Waals surface area contributed by atoms with Gasteiger partial charge in [-0.1, -0.05) is 19.8 Å². The van der Waals surface area contributed by atoms with Crippen LogP contribution in [0.15, 0.2) is 17.0 Å². The van der Waals surface area contributed by atoms with Gasteiger partial charge in [-0.2, -0.15) is 0 Å². The predicted molar refractivity (Wildman–Crippen MR) is 77.3 cm³/mol. The second-order valence-electron chi connectivity index (χ2n) is 5.73. The lowest BCUT2D eigenvalue weighted by Crippen LogP contribution is -2.38. The van der Waals surface area contributed by atoms with Crippen LogP contribution in [0.25, 0.3) is 0 Å². The number of benzene rings is 1. The molecule has 0 saturated heterocycles. The lowest BCUT2D eigenvalue weighted by Gasteiger charge is -2.27. The molecule has 112 valence electrons. The molecule has 0 heterocycles. The van der Waals surface area contributed by atoms with Gasteiger partial charge in [0, 0.05) is 6.04 Å². The van der Waals surface area contributed by atoms with Crippen molar-refractivity contribution in [2.75, 3.05) is 5.73 Å². The average Bonchev–Trinajstić information content (AvgIpc) is 2.34. The van der Waals surface area contributed by atoms with E-state index in [1.807, 2.05) is 0 Å². The summed E-state index contributed by atoms with van der Waals surface area (Å²) >= 11 is 0. The van der Waals surface area contributed by atoms with Gasteiger partial charge in [0.2, 0.25) is 10.0 Å². The fraction of sp³-hybridized carbons (Fsp3) is 0.571. The van der Waals surface area contributed by atoms with Crippen molar-refractivity contribution in [1.29, 1.82) is 0 Å². The first-order chi connectivity index (χ1) is 9.29. The number of sulfonamides is 1. The van der Waals surface area contributed by atoms with Crippen molar-refractivity contribution in [3.8, 4) is 0 Å². The van der Waals surface area contributed by atoms with E-state index in [9.17, 15) is 12.8 Å². The van der Waals surface area contributed by atoms with Crippen molar-refractivity contribution in [2.24, 2.45) is 5.92 Å². The van der Waals surface area contributed by atoms with Crippen molar-refractivity contribution in [1.82, 2.24) is 4.72 Å². The first-order valence-electron chi connectivity index (χ1n) is 6.87. The molecular weight excluding hydrogens is 279 g/mol. The molecule has 1 aliphatic rings. The van der Waals surface area contributed by atoms with Gasteiger partial charge in [-0.3, -0.25) is 0 Å². The van der Waals surface area contributed by atoms with Crippen LogP contribution in [-0.2, 0) is 10.0 Å². The Morgan fingerprint density at radius 2 is 2.05 bits per heavy atom. The molecule has 1 fully saturated rings. The maximum Gasteiger partial charge on any atom is 0.240 e. The summed E-state index contributed by atoms with van der Waals surface area (Å²) < 4.78 is 40.8. The lowest BCUT2D eigenvalue weighted by molar-refractivity contribution is 0.327. The zero-order chi connectivity index (χ0) is 14.9. The van der Waals surface area contributed by atoms with Crippen molar-refractivity contribution < 1.29 is 12.8 Å². The lowest BCUT2D eigenvalue weighted by atomic mass is 9.88. The maximum atomic E-state index is 13.5. The minimum Gasteiger partial charge on any atom is -0.396 e. The molecular formula is C14H21FN2O2S. The van der Waals surface area contributed by atoms with Crippen LogP contribution in [0.5, 0.6) is 0 Å². The summed E-state index contributed by atoms with van der Waals surface area (Å²) in [6.07, 6.45) is 3.86. The van der Waals surface area contributed by atoms with Gasteiger partial charge >= 0.3 is 0 Å². The van der Waals surface area contributed by atoms with Crippen LogP contribution in [0.2, 0.25) is 0 Å². The predicted octanol–water partition coefficient (Wildman–Crippen LogP) is 2.57. The van der Waals surface area contributed by atoms with Gasteiger partial charge in [0.05, 0.1) is 10.6 Å². The topological polar surface area (TPSA) is 72.2 Å². The number of halogens is 1. The zero-order valence-electron chi connectivity index (χ0n) is 11.8. The molecule has 1 aromatic carbocycles. The molecule has 2 rings (SSSR count).